The van der Waals surface area contributed by atoms with Crippen molar-refractivity contribution in [2.24, 2.45) is 11.7 Å². The van der Waals surface area contributed by atoms with E-state index in [9.17, 15) is 9.18 Å². The number of hydrogen-bond acceptors (Lipinski definition) is 2. The summed E-state index contributed by atoms with van der Waals surface area (Å²) < 4.78 is 13.8. The molecule has 0 spiro atoms. The number of nitrogens with one attached hydrogen (secondary N) is 1. The Morgan fingerprint density at radius 2 is 2.05 bits per heavy atom. The van der Waals surface area contributed by atoms with Crippen LogP contribution in [0.4, 0.5) is 4.39 Å². The molecule has 1 aliphatic rings. The zero-order valence-electron chi connectivity index (χ0n) is 12.4. The van der Waals surface area contributed by atoms with Crippen molar-refractivity contribution in [2.45, 2.75) is 45.1 Å². The zero-order valence-corrected chi connectivity index (χ0v) is 13.2. The molecule has 0 bridgehead atoms. The van der Waals surface area contributed by atoms with Crippen LogP contribution in [0.5, 0.6) is 0 Å². The highest BCUT2D eigenvalue weighted by Crippen LogP contribution is 2.32. The number of nitrogens with two attached hydrogens (primary N) is 1. The minimum atomic E-state index is -0.685. The van der Waals surface area contributed by atoms with Gasteiger partial charge in [0.1, 0.15) is 5.82 Å². The van der Waals surface area contributed by atoms with Gasteiger partial charge in [-0.2, -0.15) is 0 Å². The van der Waals surface area contributed by atoms with E-state index in [4.69, 9.17) is 18.0 Å². The number of thiocarbonyl (C=S) groups is 1. The lowest BCUT2D eigenvalue weighted by atomic mass is 9.77. The molecule has 114 valence electrons. The van der Waals surface area contributed by atoms with Gasteiger partial charge >= 0.3 is 0 Å². The monoisotopic (exact) mass is 308 g/mol. The largest absolute Gasteiger partial charge is 0.391 e. The molecule has 1 aromatic rings. The van der Waals surface area contributed by atoms with Crippen LogP contribution in [0.2, 0.25) is 0 Å². The van der Waals surface area contributed by atoms with Gasteiger partial charge in [0.25, 0.3) is 5.91 Å². The van der Waals surface area contributed by atoms with Crippen LogP contribution in [-0.4, -0.2) is 16.4 Å². The van der Waals surface area contributed by atoms with Gasteiger partial charge in [0.15, 0.2) is 0 Å². The first-order valence-electron chi connectivity index (χ1n) is 7.22. The standard InChI is InChI=1S/C16H21FN2OS/c1-10-5-7-16(8-6-10,15(18)21)19-14(20)12-9-11(2)3-4-13(12)17/h3-4,9-10H,5-8H2,1-2H3,(H2,18,21)(H,19,20). The maximum absolute atomic E-state index is 13.8. The van der Waals surface area contributed by atoms with E-state index in [0.717, 1.165) is 18.4 Å². The molecule has 0 heterocycles. The van der Waals surface area contributed by atoms with E-state index in [1.807, 2.05) is 6.92 Å². The summed E-state index contributed by atoms with van der Waals surface area (Å²) in [5.74, 6) is -0.376. The Morgan fingerprint density at radius 1 is 1.43 bits per heavy atom. The maximum atomic E-state index is 13.8. The second-order valence-electron chi connectivity index (χ2n) is 6.07. The van der Waals surface area contributed by atoms with E-state index in [1.54, 1.807) is 12.1 Å². The molecule has 0 radical (unpaired) electrons. The van der Waals surface area contributed by atoms with Crippen LogP contribution in [-0.2, 0) is 0 Å². The van der Waals surface area contributed by atoms with Gasteiger partial charge in [-0.3, -0.25) is 4.79 Å². The lowest BCUT2D eigenvalue weighted by Crippen LogP contribution is -2.58. The summed E-state index contributed by atoms with van der Waals surface area (Å²) in [6.45, 7) is 3.99. The first kappa shape index (κ1) is 15.9. The molecule has 1 saturated carbocycles. The molecule has 2 rings (SSSR count). The van der Waals surface area contributed by atoms with Gasteiger partial charge in [-0.15, -0.1) is 0 Å². The summed E-state index contributed by atoms with van der Waals surface area (Å²) in [5.41, 5.74) is 6.06. The van der Waals surface area contributed by atoms with Crippen molar-refractivity contribution in [1.82, 2.24) is 5.32 Å². The number of aryl methyl sites for hydroxylation is 1. The highest BCUT2D eigenvalue weighted by atomic mass is 32.1. The molecule has 1 amide bonds. The minimum Gasteiger partial charge on any atom is -0.391 e. The molecule has 21 heavy (non-hydrogen) atoms. The van der Waals surface area contributed by atoms with Gasteiger partial charge < -0.3 is 11.1 Å². The first-order chi connectivity index (χ1) is 9.84. The fourth-order valence-corrected chi connectivity index (χ4v) is 3.04. The zero-order chi connectivity index (χ0) is 15.6. The fraction of sp³-hybridized carbons (Fsp3) is 0.500. The summed E-state index contributed by atoms with van der Waals surface area (Å²) in [6, 6.07) is 4.49. The summed E-state index contributed by atoms with van der Waals surface area (Å²) in [7, 11) is 0. The van der Waals surface area contributed by atoms with E-state index in [-0.39, 0.29) is 10.6 Å². The van der Waals surface area contributed by atoms with E-state index in [2.05, 4.69) is 12.2 Å². The summed E-state index contributed by atoms with van der Waals surface area (Å²) >= 11 is 5.16. The van der Waals surface area contributed by atoms with Gasteiger partial charge in [0.2, 0.25) is 0 Å². The SMILES string of the molecule is Cc1ccc(F)c(C(=O)NC2(C(N)=S)CCC(C)CC2)c1. The third-order valence-corrected chi connectivity index (χ3v) is 4.71. The van der Waals surface area contributed by atoms with E-state index >= 15 is 0 Å². The molecule has 5 heteroatoms. The number of benzene rings is 1. The van der Waals surface area contributed by atoms with Crippen LogP contribution >= 0.6 is 12.2 Å². The van der Waals surface area contributed by atoms with Gasteiger partial charge in [-0.05, 0) is 50.7 Å². The molecule has 1 aromatic carbocycles. The Bertz CT molecular complexity index is 565. The van der Waals surface area contributed by atoms with Gasteiger partial charge in [-0.1, -0.05) is 30.8 Å². The van der Waals surface area contributed by atoms with Crippen LogP contribution in [0, 0.1) is 18.7 Å². The predicted octanol–water partition coefficient (Wildman–Crippen LogP) is 3.10. The average molecular weight is 308 g/mol. The van der Waals surface area contributed by atoms with Crippen LogP contribution in [0.1, 0.15) is 48.5 Å². The number of amides is 1. The molecule has 1 fully saturated rings. The third kappa shape index (κ3) is 3.40. The van der Waals surface area contributed by atoms with Crippen molar-refractivity contribution in [3.8, 4) is 0 Å². The Morgan fingerprint density at radius 3 is 2.62 bits per heavy atom. The Labute approximate surface area is 130 Å². The lowest BCUT2D eigenvalue weighted by molar-refractivity contribution is 0.0896. The predicted molar refractivity (Wildman–Crippen MR) is 85.8 cm³/mol. The van der Waals surface area contributed by atoms with Crippen LogP contribution < -0.4 is 11.1 Å². The quantitative estimate of drug-likeness (QED) is 0.844. The molecule has 0 aliphatic heterocycles. The van der Waals surface area contributed by atoms with Crippen molar-refractivity contribution >= 4 is 23.1 Å². The number of rotatable bonds is 3. The normalized spacial score (nSPS) is 25.4. The maximum Gasteiger partial charge on any atom is 0.255 e. The van der Waals surface area contributed by atoms with Crippen molar-refractivity contribution in [1.29, 1.82) is 0 Å². The van der Waals surface area contributed by atoms with E-state index in [0.29, 0.717) is 18.8 Å². The highest BCUT2D eigenvalue weighted by molar-refractivity contribution is 7.80. The van der Waals surface area contributed by atoms with Gasteiger partial charge in [0.05, 0.1) is 16.1 Å². The molecule has 0 saturated heterocycles. The fourth-order valence-electron chi connectivity index (χ4n) is 2.79. The second-order valence-corrected chi connectivity index (χ2v) is 6.51. The smallest absolute Gasteiger partial charge is 0.255 e. The molecule has 1 aliphatic carbocycles. The highest BCUT2D eigenvalue weighted by Gasteiger charge is 2.38. The molecule has 0 unspecified atom stereocenters. The summed E-state index contributed by atoms with van der Waals surface area (Å²) in [6.07, 6.45) is 3.33. The molecular formula is C16H21FN2OS. The summed E-state index contributed by atoms with van der Waals surface area (Å²) in [5, 5.41) is 2.89. The Hall–Kier alpha value is -1.49. The first-order valence-corrected chi connectivity index (χ1v) is 7.63. The van der Waals surface area contributed by atoms with Crippen LogP contribution in [0.15, 0.2) is 18.2 Å². The van der Waals surface area contributed by atoms with Gasteiger partial charge in [-0.25, -0.2) is 4.39 Å². The molecule has 3 nitrogen and oxygen atoms in total. The molecule has 0 atom stereocenters. The van der Waals surface area contributed by atoms with Crippen molar-refractivity contribution in [3.05, 3.63) is 35.1 Å². The van der Waals surface area contributed by atoms with E-state index < -0.39 is 17.3 Å². The number of carbonyl (C=O) groups excluding carboxylic acids is 1. The van der Waals surface area contributed by atoms with E-state index in [1.165, 1.54) is 6.07 Å². The van der Waals surface area contributed by atoms with Crippen molar-refractivity contribution in [3.63, 3.8) is 0 Å². The average Bonchev–Trinajstić information content (AvgIpc) is 2.44. The van der Waals surface area contributed by atoms with Crippen molar-refractivity contribution in [2.75, 3.05) is 0 Å². The number of halogens is 1. The number of carbonyl (C=O) groups is 1. The molecule has 3 N–H and O–H groups in total. The van der Waals surface area contributed by atoms with Crippen LogP contribution in [0.3, 0.4) is 0 Å². The third-order valence-electron chi connectivity index (χ3n) is 4.32. The Kier molecular flexibility index (Phi) is 4.61. The minimum absolute atomic E-state index is 0.0456. The number of hydrogen-bond donors (Lipinski definition) is 2. The second kappa shape index (κ2) is 6.10. The topological polar surface area (TPSA) is 55.1 Å². The van der Waals surface area contributed by atoms with Crippen molar-refractivity contribution < 1.29 is 9.18 Å². The molecular weight excluding hydrogens is 287 g/mol. The Balaban J connectivity index is 2.23. The summed E-state index contributed by atoms with van der Waals surface area (Å²) in [4.78, 5) is 12.7. The van der Waals surface area contributed by atoms with Gasteiger partial charge in [0, 0.05) is 0 Å². The van der Waals surface area contributed by atoms with Crippen LogP contribution in [0.25, 0.3) is 0 Å². The molecule has 0 aromatic heterocycles. The lowest BCUT2D eigenvalue weighted by Gasteiger charge is -2.39.